The Bertz CT molecular complexity index is 2350. The molecule has 1 aliphatic rings. The van der Waals surface area contributed by atoms with Crippen molar-refractivity contribution in [1.29, 1.82) is 0 Å². The zero-order valence-corrected chi connectivity index (χ0v) is 37.0. The number of fused-ring (bicyclic) bond motifs is 3. The zero-order valence-electron chi connectivity index (χ0n) is 33.6. The van der Waals surface area contributed by atoms with Crippen molar-refractivity contribution >= 4 is 35.2 Å². The van der Waals surface area contributed by atoms with E-state index in [4.69, 9.17) is 14.4 Å². The maximum absolute atomic E-state index is 6.40. The predicted molar refractivity (Wildman–Crippen MR) is 231 cm³/mol. The van der Waals surface area contributed by atoms with Gasteiger partial charge < -0.3 is 14.4 Å². The van der Waals surface area contributed by atoms with Gasteiger partial charge in [0.15, 0.2) is 0 Å². The molecule has 7 aromatic rings. The first-order valence-corrected chi connectivity index (χ1v) is 23.3. The molecule has 1 aliphatic carbocycles. The molecule has 285 valence electrons. The summed E-state index contributed by atoms with van der Waals surface area (Å²) in [7, 11) is -1.36. The summed E-state index contributed by atoms with van der Waals surface area (Å²) in [6.07, 6.45) is 13.4. The van der Waals surface area contributed by atoms with Crippen LogP contribution in [0.1, 0.15) is 69.6 Å². The van der Waals surface area contributed by atoms with Crippen LogP contribution in [0.15, 0.2) is 114 Å². The normalized spacial score (nSPS) is 13.7. The third-order valence-electron chi connectivity index (χ3n) is 10.7. The van der Waals surface area contributed by atoms with E-state index >= 15 is 0 Å². The van der Waals surface area contributed by atoms with E-state index in [9.17, 15) is 0 Å². The van der Waals surface area contributed by atoms with E-state index in [1.165, 1.54) is 49.7 Å². The van der Waals surface area contributed by atoms with Crippen molar-refractivity contribution in [3.63, 3.8) is 0 Å². The Labute approximate surface area is 343 Å². The van der Waals surface area contributed by atoms with Crippen LogP contribution in [-0.4, -0.2) is 18.0 Å². The molecule has 1 saturated carbocycles. The van der Waals surface area contributed by atoms with Gasteiger partial charge in [-0.1, -0.05) is 161 Å². The van der Waals surface area contributed by atoms with Crippen LogP contribution in [-0.2, 0) is 32.9 Å². The number of furan rings is 1. The maximum Gasteiger partial charge on any atom is 0.120 e. The number of aromatic nitrogens is 2. The molecule has 0 bridgehead atoms. The molecule has 1 radical (unpaired) electrons. The Morgan fingerprint density at radius 1 is 0.782 bits per heavy atom. The molecule has 0 aliphatic heterocycles. The van der Waals surface area contributed by atoms with Crippen LogP contribution in [0.25, 0.3) is 55.6 Å². The molecule has 4 aromatic carbocycles. The second-order valence-corrected chi connectivity index (χ2v) is 22.5. The SMILES string of the molecule is C[Si](C)(C)c1cnc(-c2[c-]cccc2)cc1CC1CCCCC1.Cc1cnc(-c2[c-]cc(-c3ccccc3)c3c2oc2ccccc23)cc1CC(C)(C)C.[Ir]. The van der Waals surface area contributed by atoms with Gasteiger partial charge in [0.2, 0.25) is 0 Å². The molecule has 0 unspecified atom stereocenters. The Morgan fingerprint density at radius 2 is 1.47 bits per heavy atom. The average Bonchev–Trinajstić information content (AvgIpc) is 3.56. The van der Waals surface area contributed by atoms with Gasteiger partial charge in [-0.2, -0.15) is 0 Å². The summed E-state index contributed by atoms with van der Waals surface area (Å²) in [6.45, 7) is 16.2. The fourth-order valence-corrected chi connectivity index (χ4v) is 9.60. The molecule has 3 heterocycles. The Hall–Kier alpha value is -4.15. The van der Waals surface area contributed by atoms with Crippen LogP contribution < -0.4 is 5.19 Å². The molecule has 0 N–H and O–H groups in total. The maximum atomic E-state index is 6.40. The minimum absolute atomic E-state index is 0. The molecule has 55 heavy (non-hydrogen) atoms. The third-order valence-corrected chi connectivity index (χ3v) is 12.8. The molecule has 0 atom stereocenters. The Balaban J connectivity index is 0.000000192. The summed E-state index contributed by atoms with van der Waals surface area (Å²) in [5, 5.41) is 3.78. The summed E-state index contributed by atoms with van der Waals surface area (Å²) in [5.41, 5.74) is 12.4. The van der Waals surface area contributed by atoms with Crippen molar-refractivity contribution in [2.75, 3.05) is 0 Å². The van der Waals surface area contributed by atoms with Crippen LogP contribution in [0.5, 0.6) is 0 Å². The fourth-order valence-electron chi connectivity index (χ4n) is 8.01. The number of nitrogens with zero attached hydrogens (tertiary/aromatic N) is 2. The van der Waals surface area contributed by atoms with Gasteiger partial charge in [0.1, 0.15) is 5.58 Å². The van der Waals surface area contributed by atoms with E-state index in [-0.39, 0.29) is 25.5 Å². The second kappa shape index (κ2) is 17.3. The van der Waals surface area contributed by atoms with Gasteiger partial charge in [-0.15, -0.1) is 48.0 Å². The number of hydrogen-bond acceptors (Lipinski definition) is 3. The third kappa shape index (κ3) is 9.63. The van der Waals surface area contributed by atoms with Crippen molar-refractivity contribution in [2.24, 2.45) is 11.3 Å². The van der Waals surface area contributed by atoms with Crippen LogP contribution in [0.3, 0.4) is 0 Å². The summed E-state index contributed by atoms with van der Waals surface area (Å²) >= 11 is 0. The minimum atomic E-state index is -1.36. The number of rotatable bonds is 7. The van der Waals surface area contributed by atoms with Crippen LogP contribution in [0.2, 0.25) is 19.6 Å². The number of pyridine rings is 2. The van der Waals surface area contributed by atoms with E-state index in [1.807, 2.05) is 36.5 Å². The number of para-hydroxylation sites is 1. The molecule has 0 amide bonds. The van der Waals surface area contributed by atoms with Crippen LogP contribution in [0.4, 0.5) is 0 Å². The minimum Gasteiger partial charge on any atom is -0.501 e. The summed E-state index contributed by atoms with van der Waals surface area (Å²) in [5.74, 6) is 0.869. The monoisotopic (exact) mass is 919 g/mol. The smallest absolute Gasteiger partial charge is 0.120 e. The van der Waals surface area contributed by atoms with Crippen molar-refractivity contribution in [1.82, 2.24) is 9.97 Å². The standard InChI is InChI=1S/C29H26NO.C21H28NSi.Ir/c1-19-18-30-25(16-21(19)17-29(2,3)4)23-15-14-22(20-10-6-5-7-11-20)27-24-12-8-9-13-26(24)31-28(23)27;1-23(2,3)21-16-22-20(18-12-8-5-9-13-18)15-19(21)14-17-10-6-4-7-11-17;/h5-14,16,18H,17H2,1-4H3;5,8-9,12,15-17H,4,6-7,10-11,14H2,1-3H3;/q2*-1;. The molecule has 0 saturated heterocycles. The molecule has 3 nitrogen and oxygen atoms in total. The number of benzene rings is 4. The van der Waals surface area contributed by atoms with E-state index in [0.29, 0.717) is 0 Å². The average molecular weight is 919 g/mol. The molecule has 8 rings (SSSR count). The predicted octanol–water partition coefficient (Wildman–Crippen LogP) is 13.2. The van der Waals surface area contributed by atoms with Crippen LogP contribution in [0, 0.1) is 30.4 Å². The Morgan fingerprint density at radius 3 is 2.18 bits per heavy atom. The summed E-state index contributed by atoms with van der Waals surface area (Å²) < 4.78 is 6.40. The van der Waals surface area contributed by atoms with Crippen LogP contribution >= 0.6 is 0 Å². The topological polar surface area (TPSA) is 38.9 Å². The van der Waals surface area contributed by atoms with Crippen molar-refractivity contribution in [3.8, 4) is 33.6 Å². The molecule has 0 spiro atoms. The molecule has 1 fully saturated rings. The number of aryl methyl sites for hydroxylation is 1. The molecular formula is C50H54IrN2OSi-2. The number of hydrogen-bond donors (Lipinski definition) is 0. The molecular weight excluding hydrogens is 865 g/mol. The van der Waals surface area contributed by atoms with Crippen molar-refractivity contribution in [2.45, 2.75) is 92.3 Å². The second-order valence-electron chi connectivity index (χ2n) is 17.4. The quantitative estimate of drug-likeness (QED) is 0.118. The molecule has 3 aromatic heterocycles. The van der Waals surface area contributed by atoms with Gasteiger partial charge in [-0.3, -0.25) is 0 Å². The largest absolute Gasteiger partial charge is 0.501 e. The zero-order chi connectivity index (χ0) is 37.9. The van der Waals surface area contributed by atoms with Gasteiger partial charge in [-0.05, 0) is 64.7 Å². The summed E-state index contributed by atoms with van der Waals surface area (Å²) in [4.78, 5) is 9.54. The fraction of sp³-hybridized carbons (Fsp3) is 0.320. The van der Waals surface area contributed by atoms with E-state index in [0.717, 1.165) is 67.9 Å². The Kier molecular flexibility index (Phi) is 12.8. The van der Waals surface area contributed by atoms with Gasteiger partial charge in [0.05, 0.1) is 13.7 Å². The first kappa shape index (κ1) is 40.5. The molecule has 5 heteroatoms. The van der Waals surface area contributed by atoms with Gasteiger partial charge in [-0.25, -0.2) is 0 Å². The van der Waals surface area contributed by atoms with Crippen molar-refractivity contribution in [3.05, 3.63) is 138 Å². The summed E-state index contributed by atoms with van der Waals surface area (Å²) in [6, 6.07) is 40.3. The van der Waals surface area contributed by atoms with Crippen molar-refractivity contribution < 1.29 is 24.5 Å². The first-order chi connectivity index (χ1) is 25.9. The first-order valence-electron chi connectivity index (χ1n) is 19.8. The van der Waals surface area contributed by atoms with E-state index in [2.05, 4.69) is 132 Å². The van der Waals surface area contributed by atoms with Gasteiger partial charge in [0, 0.05) is 37.9 Å². The van der Waals surface area contributed by atoms with E-state index in [1.54, 1.807) is 10.8 Å². The van der Waals surface area contributed by atoms with E-state index < -0.39 is 8.07 Å². The van der Waals surface area contributed by atoms with Gasteiger partial charge in [0.25, 0.3) is 0 Å². The van der Waals surface area contributed by atoms with Gasteiger partial charge >= 0.3 is 0 Å².